The fourth-order valence-corrected chi connectivity index (χ4v) is 1.06. The largest absolute Gasteiger partial charge is 0.810 e. The minimum atomic E-state index is -0.786. The Bertz CT molecular complexity index is 428. The van der Waals surface area contributed by atoms with Gasteiger partial charge in [-0.1, -0.05) is 6.07 Å². The first-order valence-electron chi connectivity index (χ1n) is 3.94. The smallest absolute Gasteiger partial charge is 0.344 e. The third-order valence-corrected chi connectivity index (χ3v) is 1.77. The maximum absolute atomic E-state index is 11.1. The molecule has 78 valence electrons. The molecule has 0 unspecified atom stereocenters. The second-order valence-electron chi connectivity index (χ2n) is 2.65. The Kier molecular flexibility index (Phi) is 3.12. The van der Waals surface area contributed by atoms with Gasteiger partial charge in [0, 0.05) is 6.07 Å². The Morgan fingerprint density at radius 2 is 2.27 bits per heavy atom. The van der Waals surface area contributed by atoms with E-state index in [0.717, 1.165) is 13.2 Å². The summed E-state index contributed by atoms with van der Waals surface area (Å²) in [5.74, 6) is -0.786. The lowest BCUT2D eigenvalue weighted by Gasteiger charge is -2.02. The molecule has 0 saturated carbocycles. The average Bonchev–Trinajstić information content (AvgIpc) is 2.27. The highest BCUT2D eigenvalue weighted by molar-refractivity contribution is 5.95. The zero-order valence-corrected chi connectivity index (χ0v) is 7.84. The van der Waals surface area contributed by atoms with E-state index in [9.17, 15) is 14.9 Å². The lowest BCUT2D eigenvalue weighted by atomic mass is 10.1. The van der Waals surface area contributed by atoms with E-state index < -0.39 is 16.6 Å². The molecule has 15 heavy (non-hydrogen) atoms. The van der Waals surface area contributed by atoms with E-state index in [2.05, 4.69) is 4.74 Å². The first-order chi connectivity index (χ1) is 7.10. The summed E-state index contributed by atoms with van der Waals surface area (Å²) in [6, 6.07) is 3.69. The molecule has 0 saturated heterocycles. The number of methoxy groups -OCH3 is 1. The van der Waals surface area contributed by atoms with Gasteiger partial charge in [-0.15, -0.1) is 0 Å². The predicted molar refractivity (Wildman–Crippen MR) is 53.0 cm³/mol. The molecule has 0 heterocycles. The minimum absolute atomic E-state index is 0.145. The van der Waals surface area contributed by atoms with Crippen LogP contribution in [0, 0.1) is 10.1 Å². The molecule has 0 bridgehead atoms. The molecular formula is C9H7N2O4-. The monoisotopic (exact) mass is 207 g/mol. The van der Waals surface area contributed by atoms with Crippen LogP contribution in [-0.4, -0.2) is 24.2 Å². The van der Waals surface area contributed by atoms with E-state index in [1.54, 1.807) is 0 Å². The fourth-order valence-electron chi connectivity index (χ4n) is 1.06. The lowest BCUT2D eigenvalue weighted by molar-refractivity contribution is -0.385. The van der Waals surface area contributed by atoms with E-state index in [1.165, 1.54) is 12.1 Å². The number of hydrogen-bond acceptors (Lipinski definition) is 4. The number of esters is 1. The Labute approximate surface area is 85.1 Å². The van der Waals surface area contributed by atoms with Crippen LogP contribution >= 0.6 is 0 Å². The molecule has 0 aliphatic rings. The van der Waals surface area contributed by atoms with Crippen molar-refractivity contribution in [2.75, 3.05) is 7.11 Å². The SMILES string of the molecule is COC(=O)c1ccc(C=[N-])cc1[N+](=O)[O-]. The lowest BCUT2D eigenvalue weighted by Crippen LogP contribution is -2.06. The highest BCUT2D eigenvalue weighted by Gasteiger charge is 2.20. The van der Waals surface area contributed by atoms with Crippen molar-refractivity contribution in [1.29, 1.82) is 0 Å². The van der Waals surface area contributed by atoms with Crippen LogP contribution in [-0.2, 0) is 4.74 Å². The van der Waals surface area contributed by atoms with Crippen molar-refractivity contribution in [2.24, 2.45) is 0 Å². The van der Waals surface area contributed by atoms with Crippen molar-refractivity contribution < 1.29 is 14.5 Å². The van der Waals surface area contributed by atoms with Gasteiger partial charge < -0.3 is 10.1 Å². The van der Waals surface area contributed by atoms with Crippen LogP contribution in [0.4, 0.5) is 5.69 Å². The summed E-state index contributed by atoms with van der Waals surface area (Å²) in [4.78, 5) is 21.0. The first kappa shape index (κ1) is 10.8. The van der Waals surface area contributed by atoms with Gasteiger partial charge >= 0.3 is 5.97 Å². The molecule has 1 rings (SSSR count). The molecule has 0 aliphatic carbocycles. The molecule has 6 nitrogen and oxygen atoms in total. The van der Waals surface area contributed by atoms with E-state index >= 15 is 0 Å². The molecule has 0 radical (unpaired) electrons. The van der Waals surface area contributed by atoms with Crippen LogP contribution in [0.25, 0.3) is 5.41 Å². The molecule has 0 aromatic heterocycles. The quantitative estimate of drug-likeness (QED) is 0.324. The van der Waals surface area contributed by atoms with Crippen LogP contribution < -0.4 is 0 Å². The van der Waals surface area contributed by atoms with Crippen LogP contribution in [0.15, 0.2) is 18.2 Å². The van der Waals surface area contributed by atoms with Gasteiger partial charge in [-0.2, -0.15) is 6.21 Å². The van der Waals surface area contributed by atoms with Crippen molar-refractivity contribution in [3.05, 3.63) is 44.8 Å². The van der Waals surface area contributed by atoms with Gasteiger partial charge in [0.05, 0.1) is 12.0 Å². The molecule has 0 spiro atoms. The summed E-state index contributed by atoms with van der Waals surface area (Å²) in [7, 11) is 1.14. The van der Waals surface area contributed by atoms with E-state index in [-0.39, 0.29) is 11.1 Å². The fraction of sp³-hybridized carbons (Fsp3) is 0.111. The Balaban J connectivity index is 3.33. The van der Waals surface area contributed by atoms with Crippen molar-refractivity contribution in [1.82, 2.24) is 0 Å². The molecule has 1 aromatic rings. The number of carbonyl (C=O) groups is 1. The molecule has 0 atom stereocenters. The second-order valence-corrected chi connectivity index (χ2v) is 2.65. The zero-order valence-electron chi connectivity index (χ0n) is 7.84. The number of benzene rings is 1. The number of ether oxygens (including phenoxy) is 1. The minimum Gasteiger partial charge on any atom is -0.810 e. The van der Waals surface area contributed by atoms with E-state index in [1.807, 2.05) is 0 Å². The topological polar surface area (TPSA) is 91.7 Å². The first-order valence-corrected chi connectivity index (χ1v) is 3.94. The number of rotatable bonds is 3. The van der Waals surface area contributed by atoms with Gasteiger partial charge in [-0.25, -0.2) is 4.79 Å². The Morgan fingerprint density at radius 3 is 2.73 bits per heavy atom. The normalized spacial score (nSPS) is 9.40. The van der Waals surface area contributed by atoms with E-state index in [0.29, 0.717) is 6.21 Å². The van der Waals surface area contributed by atoms with Crippen molar-refractivity contribution >= 4 is 17.9 Å². The number of nitro benzene ring substituents is 1. The van der Waals surface area contributed by atoms with E-state index in [4.69, 9.17) is 5.41 Å². The van der Waals surface area contributed by atoms with Crippen LogP contribution in [0.1, 0.15) is 15.9 Å². The van der Waals surface area contributed by atoms with Crippen molar-refractivity contribution in [2.45, 2.75) is 0 Å². The molecule has 0 amide bonds. The number of nitro groups is 1. The predicted octanol–water partition coefficient (Wildman–Crippen LogP) is 1.37. The highest BCUT2D eigenvalue weighted by Crippen LogP contribution is 2.20. The van der Waals surface area contributed by atoms with Gasteiger partial charge in [0.2, 0.25) is 0 Å². The molecule has 0 N–H and O–H groups in total. The third kappa shape index (κ3) is 2.16. The summed E-state index contributed by atoms with van der Waals surface area (Å²) < 4.78 is 4.38. The number of carbonyl (C=O) groups excluding carboxylic acids is 1. The highest BCUT2D eigenvalue weighted by atomic mass is 16.6. The van der Waals surface area contributed by atoms with Crippen LogP contribution in [0.3, 0.4) is 0 Å². The standard InChI is InChI=1S/C9H7N2O4/c1-15-9(12)7-3-2-6(5-10)4-8(7)11(13)14/h2-5H,1H3/q-1. The molecule has 0 aliphatic heterocycles. The summed E-state index contributed by atoms with van der Waals surface area (Å²) >= 11 is 0. The average molecular weight is 207 g/mol. The van der Waals surface area contributed by atoms with Gasteiger partial charge in [0.15, 0.2) is 0 Å². The molecule has 6 heteroatoms. The summed E-state index contributed by atoms with van der Waals surface area (Å²) in [5.41, 5.74) is -0.299. The Morgan fingerprint density at radius 1 is 1.60 bits per heavy atom. The molecule has 0 fully saturated rings. The summed E-state index contributed by atoms with van der Waals surface area (Å²) in [5, 5.41) is 19.3. The van der Waals surface area contributed by atoms with Gasteiger partial charge in [-0.3, -0.25) is 10.1 Å². The van der Waals surface area contributed by atoms with Crippen molar-refractivity contribution in [3.63, 3.8) is 0 Å². The zero-order chi connectivity index (χ0) is 11.4. The third-order valence-electron chi connectivity index (χ3n) is 1.77. The second kappa shape index (κ2) is 4.32. The van der Waals surface area contributed by atoms with Gasteiger partial charge in [0.25, 0.3) is 5.69 Å². The van der Waals surface area contributed by atoms with Gasteiger partial charge in [0.1, 0.15) is 5.56 Å². The van der Waals surface area contributed by atoms with Crippen molar-refractivity contribution in [3.8, 4) is 0 Å². The maximum Gasteiger partial charge on any atom is 0.344 e. The van der Waals surface area contributed by atoms with Crippen LogP contribution in [0.5, 0.6) is 0 Å². The van der Waals surface area contributed by atoms with Crippen LogP contribution in [0.2, 0.25) is 0 Å². The number of nitrogens with zero attached hydrogens (tertiary/aromatic N) is 2. The summed E-state index contributed by atoms with van der Waals surface area (Å²) in [6.45, 7) is 0. The summed E-state index contributed by atoms with van der Waals surface area (Å²) in [6.07, 6.45) is 0.716. The number of hydrogen-bond donors (Lipinski definition) is 0. The molecular weight excluding hydrogens is 200 g/mol. The Hall–Kier alpha value is -2.24. The maximum atomic E-state index is 11.1. The van der Waals surface area contributed by atoms with Gasteiger partial charge in [-0.05, 0) is 11.6 Å². The molecule has 1 aromatic carbocycles.